The van der Waals surface area contributed by atoms with E-state index in [1.54, 1.807) is 6.07 Å². The lowest BCUT2D eigenvalue weighted by atomic mass is 9.82. The van der Waals surface area contributed by atoms with Gasteiger partial charge in [0.1, 0.15) is 0 Å². The molecule has 0 aromatic heterocycles. The molecule has 1 rings (SSSR count). The smallest absolute Gasteiger partial charge is 0.312 e. The summed E-state index contributed by atoms with van der Waals surface area (Å²) in [5, 5.41) is 11.3. The summed E-state index contributed by atoms with van der Waals surface area (Å²) in [6, 6.07) is 4.40. The number of nitro benzene ring substituents is 1. The first-order valence-corrected chi connectivity index (χ1v) is 6.94. The zero-order valence-electron chi connectivity index (χ0n) is 11.2. The second-order valence-electron chi connectivity index (χ2n) is 5.43. The van der Waals surface area contributed by atoms with E-state index >= 15 is 0 Å². The standard InChI is InChI=1S/C13H18ClNO3S/c1-13(2,3)9(8-19)7-18-12-5-4-10(14)6-11(12)15(16)17/h4-6,9,19H,7-8H2,1-3H3. The molecular formula is C13H18ClNO3S. The minimum absolute atomic E-state index is 0.0307. The highest BCUT2D eigenvalue weighted by atomic mass is 35.5. The van der Waals surface area contributed by atoms with Crippen LogP contribution >= 0.6 is 24.2 Å². The molecule has 0 aliphatic carbocycles. The topological polar surface area (TPSA) is 52.4 Å². The molecule has 0 saturated carbocycles. The van der Waals surface area contributed by atoms with E-state index in [0.29, 0.717) is 17.4 Å². The summed E-state index contributed by atoms with van der Waals surface area (Å²) in [6.07, 6.45) is 0. The van der Waals surface area contributed by atoms with Gasteiger partial charge in [-0.05, 0) is 23.3 Å². The third-order valence-corrected chi connectivity index (χ3v) is 3.68. The van der Waals surface area contributed by atoms with Crippen molar-refractivity contribution in [3.63, 3.8) is 0 Å². The molecule has 106 valence electrons. The monoisotopic (exact) mass is 303 g/mol. The normalized spacial score (nSPS) is 13.1. The molecule has 0 radical (unpaired) electrons. The van der Waals surface area contributed by atoms with E-state index in [-0.39, 0.29) is 22.8 Å². The summed E-state index contributed by atoms with van der Waals surface area (Å²) in [6.45, 7) is 6.66. The zero-order valence-corrected chi connectivity index (χ0v) is 12.9. The van der Waals surface area contributed by atoms with E-state index in [2.05, 4.69) is 33.4 Å². The van der Waals surface area contributed by atoms with Gasteiger partial charge in [-0.25, -0.2) is 0 Å². The Kier molecular flexibility index (Phi) is 5.50. The van der Waals surface area contributed by atoms with Gasteiger partial charge in [-0.2, -0.15) is 12.6 Å². The number of nitro groups is 1. The summed E-state index contributed by atoms with van der Waals surface area (Å²) in [4.78, 5) is 10.4. The summed E-state index contributed by atoms with van der Waals surface area (Å²) < 4.78 is 5.58. The van der Waals surface area contributed by atoms with Gasteiger partial charge in [0.05, 0.1) is 11.5 Å². The van der Waals surface area contributed by atoms with Crippen molar-refractivity contribution < 1.29 is 9.66 Å². The van der Waals surface area contributed by atoms with Gasteiger partial charge >= 0.3 is 5.69 Å². The van der Waals surface area contributed by atoms with Gasteiger partial charge in [0, 0.05) is 17.0 Å². The van der Waals surface area contributed by atoms with Crippen LogP contribution in [0.15, 0.2) is 18.2 Å². The predicted molar refractivity (Wildman–Crippen MR) is 80.4 cm³/mol. The second-order valence-corrected chi connectivity index (χ2v) is 6.23. The van der Waals surface area contributed by atoms with Crippen LogP contribution in [-0.4, -0.2) is 17.3 Å². The average molecular weight is 304 g/mol. The molecule has 0 heterocycles. The van der Waals surface area contributed by atoms with E-state index < -0.39 is 4.92 Å². The van der Waals surface area contributed by atoms with Crippen molar-refractivity contribution in [2.24, 2.45) is 11.3 Å². The van der Waals surface area contributed by atoms with Gasteiger partial charge in [0.15, 0.2) is 5.75 Å². The lowest BCUT2D eigenvalue weighted by Gasteiger charge is -2.29. The van der Waals surface area contributed by atoms with Crippen LogP contribution in [0.4, 0.5) is 5.69 Å². The van der Waals surface area contributed by atoms with Crippen LogP contribution < -0.4 is 4.74 Å². The highest BCUT2D eigenvalue weighted by Gasteiger charge is 2.25. The summed E-state index contributed by atoms with van der Waals surface area (Å²) in [7, 11) is 0. The van der Waals surface area contributed by atoms with Crippen LogP contribution in [0.25, 0.3) is 0 Å². The number of ether oxygens (including phenoxy) is 1. The molecule has 0 bridgehead atoms. The van der Waals surface area contributed by atoms with Crippen LogP contribution in [-0.2, 0) is 0 Å². The molecule has 1 unspecified atom stereocenters. The zero-order chi connectivity index (χ0) is 14.6. The molecule has 0 amide bonds. The number of nitrogens with zero attached hydrogens (tertiary/aromatic N) is 1. The van der Waals surface area contributed by atoms with E-state index in [0.717, 1.165) is 0 Å². The van der Waals surface area contributed by atoms with Crippen molar-refractivity contribution in [1.82, 2.24) is 0 Å². The van der Waals surface area contributed by atoms with Crippen LogP contribution in [0.5, 0.6) is 5.75 Å². The molecule has 1 atom stereocenters. The van der Waals surface area contributed by atoms with Crippen molar-refractivity contribution in [2.75, 3.05) is 12.4 Å². The van der Waals surface area contributed by atoms with Gasteiger partial charge in [0.2, 0.25) is 0 Å². The quantitative estimate of drug-likeness (QED) is 0.503. The van der Waals surface area contributed by atoms with Gasteiger partial charge in [-0.1, -0.05) is 32.4 Å². The maximum Gasteiger partial charge on any atom is 0.312 e. The first-order chi connectivity index (χ1) is 8.75. The minimum Gasteiger partial charge on any atom is -0.486 e. The highest BCUT2D eigenvalue weighted by molar-refractivity contribution is 7.80. The van der Waals surface area contributed by atoms with Gasteiger partial charge in [0.25, 0.3) is 0 Å². The van der Waals surface area contributed by atoms with E-state index in [1.807, 2.05) is 0 Å². The Balaban J connectivity index is 2.86. The maximum absolute atomic E-state index is 10.9. The number of thiol groups is 1. The molecule has 1 aromatic rings. The average Bonchev–Trinajstić information content (AvgIpc) is 2.29. The maximum atomic E-state index is 10.9. The molecule has 0 aliphatic heterocycles. The first-order valence-electron chi connectivity index (χ1n) is 5.93. The molecule has 0 saturated heterocycles. The van der Waals surface area contributed by atoms with E-state index in [1.165, 1.54) is 12.1 Å². The summed E-state index contributed by atoms with van der Waals surface area (Å²) in [5.74, 6) is 1.10. The number of rotatable bonds is 5. The molecule has 19 heavy (non-hydrogen) atoms. The first kappa shape index (κ1) is 16.1. The lowest BCUT2D eigenvalue weighted by Crippen LogP contribution is -2.28. The van der Waals surface area contributed by atoms with Crippen LogP contribution in [0.3, 0.4) is 0 Å². The van der Waals surface area contributed by atoms with Crippen molar-refractivity contribution in [3.05, 3.63) is 33.3 Å². The summed E-state index contributed by atoms with van der Waals surface area (Å²) in [5.41, 5.74) is -0.0810. The van der Waals surface area contributed by atoms with Crippen molar-refractivity contribution in [3.8, 4) is 5.75 Å². The lowest BCUT2D eigenvalue weighted by molar-refractivity contribution is -0.385. The molecule has 0 fully saturated rings. The molecule has 6 heteroatoms. The molecule has 0 aliphatic rings. The third-order valence-electron chi connectivity index (χ3n) is 3.00. The second kappa shape index (κ2) is 6.48. The van der Waals surface area contributed by atoms with Gasteiger partial charge in [-0.3, -0.25) is 10.1 Å². The van der Waals surface area contributed by atoms with Crippen LogP contribution in [0.1, 0.15) is 20.8 Å². The fourth-order valence-electron chi connectivity index (χ4n) is 1.52. The van der Waals surface area contributed by atoms with Crippen LogP contribution in [0, 0.1) is 21.4 Å². The Morgan fingerprint density at radius 2 is 2.11 bits per heavy atom. The molecule has 0 spiro atoms. The number of hydrogen-bond acceptors (Lipinski definition) is 4. The molecule has 0 N–H and O–H groups in total. The number of benzene rings is 1. The predicted octanol–water partition coefficient (Wildman–Crippen LogP) is 4.22. The Morgan fingerprint density at radius 3 is 2.58 bits per heavy atom. The van der Waals surface area contributed by atoms with E-state index in [9.17, 15) is 10.1 Å². The number of hydrogen-bond donors (Lipinski definition) is 1. The molecule has 1 aromatic carbocycles. The fourth-order valence-corrected chi connectivity index (χ4v) is 2.34. The van der Waals surface area contributed by atoms with Crippen molar-refractivity contribution in [1.29, 1.82) is 0 Å². The Bertz CT molecular complexity index is 460. The Labute approximate surface area is 123 Å². The SMILES string of the molecule is CC(C)(C)C(CS)COc1ccc(Cl)cc1[N+](=O)[O-]. The molecular weight excluding hydrogens is 286 g/mol. The van der Waals surface area contributed by atoms with Crippen molar-refractivity contribution in [2.45, 2.75) is 20.8 Å². The minimum atomic E-state index is -0.492. The van der Waals surface area contributed by atoms with Gasteiger partial charge < -0.3 is 4.74 Å². The fraction of sp³-hybridized carbons (Fsp3) is 0.538. The third kappa shape index (κ3) is 4.58. The van der Waals surface area contributed by atoms with Gasteiger partial charge in [-0.15, -0.1) is 0 Å². The largest absolute Gasteiger partial charge is 0.486 e. The number of halogens is 1. The van der Waals surface area contributed by atoms with Crippen molar-refractivity contribution >= 4 is 29.9 Å². The highest BCUT2D eigenvalue weighted by Crippen LogP contribution is 2.32. The summed E-state index contributed by atoms with van der Waals surface area (Å²) >= 11 is 10.1. The van der Waals surface area contributed by atoms with E-state index in [4.69, 9.17) is 16.3 Å². The Morgan fingerprint density at radius 1 is 1.47 bits per heavy atom. The molecule has 4 nitrogen and oxygen atoms in total. The Hall–Kier alpha value is -0.940. The van der Waals surface area contributed by atoms with Crippen LogP contribution in [0.2, 0.25) is 5.02 Å².